The van der Waals surface area contributed by atoms with Gasteiger partial charge >= 0.3 is 5.69 Å². The molecule has 1 heterocycles. The van der Waals surface area contributed by atoms with E-state index in [1.807, 2.05) is 6.92 Å². The van der Waals surface area contributed by atoms with Crippen molar-refractivity contribution in [3.05, 3.63) is 79.4 Å². The molecule has 3 aromatic rings. The summed E-state index contributed by atoms with van der Waals surface area (Å²) in [4.78, 5) is 10.6. The second kappa shape index (κ2) is 9.53. The van der Waals surface area contributed by atoms with Gasteiger partial charge in [0.1, 0.15) is 12.4 Å². The summed E-state index contributed by atoms with van der Waals surface area (Å²) >= 11 is 3.45. The molecular weight excluding hydrogens is 459 g/mol. The minimum absolute atomic E-state index is 0.0318. The third kappa shape index (κ3) is 4.85. The van der Waals surface area contributed by atoms with Gasteiger partial charge in [-0.1, -0.05) is 29.4 Å². The van der Waals surface area contributed by atoms with Gasteiger partial charge in [-0.05, 0) is 59.6 Å². The molecule has 0 atom stereocenters. The average molecular weight is 477 g/mol. The van der Waals surface area contributed by atoms with E-state index in [1.165, 1.54) is 19.1 Å². The molecule has 0 bridgehead atoms. The fourth-order valence-electron chi connectivity index (χ4n) is 2.74. The molecule has 0 aliphatic heterocycles. The number of halogens is 2. The Morgan fingerprint density at radius 3 is 2.73 bits per heavy atom. The van der Waals surface area contributed by atoms with Gasteiger partial charge in [-0.3, -0.25) is 10.1 Å². The van der Waals surface area contributed by atoms with E-state index < -0.39 is 4.92 Å². The Labute approximate surface area is 180 Å². The molecule has 0 aliphatic carbocycles. The number of hydrogen-bond donors (Lipinski definition) is 0. The van der Waals surface area contributed by atoms with Crippen LogP contribution in [0.5, 0.6) is 11.5 Å². The lowest BCUT2D eigenvalue weighted by Crippen LogP contribution is -2.02. The Morgan fingerprint density at radius 1 is 1.27 bits per heavy atom. The number of rotatable bonds is 8. The molecule has 7 nitrogen and oxygen atoms in total. The molecule has 156 valence electrons. The highest BCUT2D eigenvalue weighted by Crippen LogP contribution is 2.38. The molecule has 1 aromatic heterocycles. The van der Waals surface area contributed by atoms with Crippen LogP contribution in [-0.2, 0) is 6.61 Å². The molecule has 0 unspecified atom stereocenters. The van der Waals surface area contributed by atoms with E-state index in [2.05, 4.69) is 21.1 Å². The van der Waals surface area contributed by atoms with Crippen LogP contribution in [0.1, 0.15) is 29.5 Å². The summed E-state index contributed by atoms with van der Waals surface area (Å²) in [6.45, 7) is 3.76. The lowest BCUT2D eigenvalue weighted by atomic mass is 10.1. The van der Waals surface area contributed by atoms with E-state index in [0.717, 1.165) is 0 Å². The highest BCUT2D eigenvalue weighted by Gasteiger charge is 2.22. The van der Waals surface area contributed by atoms with Gasteiger partial charge in [0, 0.05) is 5.56 Å². The molecular formula is C21H18BrFN2O5. The van der Waals surface area contributed by atoms with Gasteiger partial charge in [0.2, 0.25) is 5.76 Å². The quantitative estimate of drug-likeness (QED) is 0.295. The summed E-state index contributed by atoms with van der Waals surface area (Å²) in [7, 11) is 0. The van der Waals surface area contributed by atoms with Crippen molar-refractivity contribution in [2.75, 3.05) is 6.61 Å². The predicted molar refractivity (Wildman–Crippen MR) is 113 cm³/mol. The van der Waals surface area contributed by atoms with Crippen molar-refractivity contribution in [2.24, 2.45) is 0 Å². The fraction of sp³-hybridized carbons (Fsp3) is 0.190. The molecule has 3 rings (SSSR count). The Kier molecular flexibility index (Phi) is 6.83. The van der Waals surface area contributed by atoms with E-state index in [1.54, 1.807) is 36.4 Å². The first-order valence-corrected chi connectivity index (χ1v) is 9.81. The fourth-order valence-corrected chi connectivity index (χ4v) is 3.31. The highest BCUT2D eigenvalue weighted by atomic mass is 79.9. The van der Waals surface area contributed by atoms with Gasteiger partial charge in [-0.2, -0.15) is 0 Å². The molecule has 30 heavy (non-hydrogen) atoms. The van der Waals surface area contributed by atoms with Crippen molar-refractivity contribution in [1.82, 2.24) is 5.16 Å². The van der Waals surface area contributed by atoms with Gasteiger partial charge in [-0.15, -0.1) is 0 Å². The molecule has 0 saturated heterocycles. The van der Waals surface area contributed by atoms with E-state index in [-0.39, 0.29) is 29.6 Å². The van der Waals surface area contributed by atoms with E-state index in [0.29, 0.717) is 33.7 Å². The Morgan fingerprint density at radius 2 is 2.03 bits per heavy atom. The van der Waals surface area contributed by atoms with Crippen LogP contribution in [0.2, 0.25) is 0 Å². The van der Waals surface area contributed by atoms with E-state index >= 15 is 0 Å². The van der Waals surface area contributed by atoms with Gasteiger partial charge in [-0.25, -0.2) is 4.39 Å². The van der Waals surface area contributed by atoms with Crippen molar-refractivity contribution in [1.29, 1.82) is 0 Å². The second-order valence-electron chi connectivity index (χ2n) is 6.21. The number of ether oxygens (including phenoxy) is 2. The normalized spacial score (nSPS) is 11.1. The minimum Gasteiger partial charge on any atom is -0.490 e. The molecule has 0 aliphatic rings. The van der Waals surface area contributed by atoms with Gasteiger partial charge < -0.3 is 14.0 Å². The van der Waals surface area contributed by atoms with Gasteiger partial charge in [0.15, 0.2) is 17.2 Å². The maximum atomic E-state index is 13.9. The van der Waals surface area contributed by atoms with Crippen molar-refractivity contribution in [3.8, 4) is 11.5 Å². The third-order valence-corrected chi connectivity index (χ3v) is 4.72. The number of nitro groups is 1. The number of hydrogen-bond acceptors (Lipinski definition) is 6. The Hall–Kier alpha value is -3.20. The molecule has 0 N–H and O–H groups in total. The van der Waals surface area contributed by atoms with Gasteiger partial charge in [0.25, 0.3) is 0 Å². The summed E-state index contributed by atoms with van der Waals surface area (Å²) in [6.07, 6.45) is 3.11. The van der Waals surface area contributed by atoms with Crippen LogP contribution < -0.4 is 9.47 Å². The first-order chi connectivity index (χ1) is 14.4. The maximum absolute atomic E-state index is 13.9. The highest BCUT2D eigenvalue weighted by molar-refractivity contribution is 9.10. The summed E-state index contributed by atoms with van der Waals surface area (Å²) in [5.41, 5.74) is 1.13. The molecule has 0 fully saturated rings. The molecule has 0 saturated carbocycles. The largest absolute Gasteiger partial charge is 0.490 e. The maximum Gasteiger partial charge on any atom is 0.338 e. The first kappa shape index (κ1) is 21.5. The first-order valence-electron chi connectivity index (χ1n) is 9.02. The summed E-state index contributed by atoms with van der Waals surface area (Å²) in [5.74, 6) is 0.575. The lowest BCUT2D eigenvalue weighted by molar-refractivity contribution is -0.386. The predicted octanol–water partition coefficient (Wildman–Crippen LogP) is 5.94. The topological polar surface area (TPSA) is 87.6 Å². The zero-order valence-corrected chi connectivity index (χ0v) is 17.8. The summed E-state index contributed by atoms with van der Waals surface area (Å²) in [5, 5.41) is 14.8. The van der Waals surface area contributed by atoms with Crippen molar-refractivity contribution >= 4 is 33.8 Å². The number of aryl methyl sites for hydroxylation is 1. The smallest absolute Gasteiger partial charge is 0.338 e. The van der Waals surface area contributed by atoms with Crippen LogP contribution >= 0.6 is 15.9 Å². The third-order valence-electron chi connectivity index (χ3n) is 4.13. The lowest BCUT2D eigenvalue weighted by Gasteiger charge is -2.15. The summed E-state index contributed by atoms with van der Waals surface area (Å²) < 4.78 is 31.0. The van der Waals surface area contributed by atoms with Crippen LogP contribution in [0.15, 0.2) is 45.4 Å². The molecule has 0 amide bonds. The van der Waals surface area contributed by atoms with E-state index in [4.69, 9.17) is 14.0 Å². The average Bonchev–Trinajstić information content (AvgIpc) is 3.08. The molecule has 0 radical (unpaired) electrons. The number of aromatic nitrogens is 1. The second-order valence-corrected chi connectivity index (χ2v) is 7.07. The Balaban J connectivity index is 1.87. The SMILES string of the molecule is CCOc1cc(/C=C/c2onc(C)c2[N+](=O)[O-])cc(Br)c1OCc1ccccc1F. The van der Waals surface area contributed by atoms with Crippen molar-refractivity contribution in [2.45, 2.75) is 20.5 Å². The molecule has 0 spiro atoms. The molecule has 9 heteroatoms. The summed E-state index contributed by atoms with van der Waals surface area (Å²) in [6, 6.07) is 9.84. The van der Waals surface area contributed by atoms with Crippen molar-refractivity contribution in [3.63, 3.8) is 0 Å². The van der Waals surface area contributed by atoms with Crippen LogP contribution in [0.3, 0.4) is 0 Å². The zero-order chi connectivity index (χ0) is 21.7. The van der Waals surface area contributed by atoms with Gasteiger partial charge in [0.05, 0.1) is 16.0 Å². The van der Waals surface area contributed by atoms with Crippen LogP contribution in [0.25, 0.3) is 12.2 Å². The van der Waals surface area contributed by atoms with Crippen LogP contribution in [0, 0.1) is 22.9 Å². The van der Waals surface area contributed by atoms with Crippen molar-refractivity contribution < 1.29 is 23.3 Å². The van der Waals surface area contributed by atoms with Crippen LogP contribution in [0.4, 0.5) is 10.1 Å². The number of nitrogens with zero attached hydrogens (tertiary/aromatic N) is 2. The van der Waals surface area contributed by atoms with E-state index in [9.17, 15) is 14.5 Å². The monoisotopic (exact) mass is 476 g/mol. The minimum atomic E-state index is -0.535. The Bertz CT molecular complexity index is 1100. The molecule has 2 aromatic carbocycles. The standard InChI is InChI=1S/C21H18BrFN2O5/c1-3-28-19-11-14(8-9-18-20(25(26)27)13(2)24-30-18)10-16(22)21(19)29-12-15-6-4-5-7-17(15)23/h4-11H,3,12H2,1-2H3/b9-8+. The van der Waals surface area contributed by atoms with Crippen LogP contribution in [-0.4, -0.2) is 16.7 Å². The zero-order valence-electron chi connectivity index (χ0n) is 16.2. The number of benzene rings is 2.